The second-order valence-corrected chi connectivity index (χ2v) is 5.43. The van der Waals surface area contributed by atoms with E-state index in [0.29, 0.717) is 6.04 Å². The Labute approximate surface area is 97.7 Å². The van der Waals surface area contributed by atoms with Crippen molar-refractivity contribution in [1.29, 1.82) is 0 Å². The van der Waals surface area contributed by atoms with Crippen LogP contribution in [0.2, 0.25) is 0 Å². The zero-order valence-corrected chi connectivity index (χ0v) is 10.2. The van der Waals surface area contributed by atoms with Crippen molar-refractivity contribution in [2.75, 3.05) is 6.54 Å². The van der Waals surface area contributed by atoms with Gasteiger partial charge in [-0.05, 0) is 38.3 Å². The average molecular weight is 216 g/mol. The molecule has 0 aromatic carbocycles. The van der Waals surface area contributed by atoms with Gasteiger partial charge >= 0.3 is 0 Å². The molecule has 2 aliphatic rings. The van der Waals surface area contributed by atoms with E-state index in [2.05, 4.69) is 30.9 Å². The van der Waals surface area contributed by atoms with Crippen molar-refractivity contribution in [2.45, 2.75) is 51.6 Å². The number of pyridine rings is 1. The van der Waals surface area contributed by atoms with Crippen LogP contribution in [-0.2, 0) is 13.0 Å². The molecule has 1 aliphatic heterocycles. The lowest BCUT2D eigenvalue weighted by molar-refractivity contribution is 0.201. The summed E-state index contributed by atoms with van der Waals surface area (Å²) in [6.45, 7) is 6.81. The maximum absolute atomic E-state index is 4.84. The highest BCUT2D eigenvalue weighted by Gasteiger charge is 2.27. The lowest BCUT2D eigenvalue weighted by atomic mass is 10.0. The highest BCUT2D eigenvalue weighted by atomic mass is 15.2. The molecule has 1 aromatic heterocycles. The second kappa shape index (κ2) is 3.85. The maximum atomic E-state index is 4.84. The van der Waals surface area contributed by atoms with Crippen molar-refractivity contribution in [3.05, 3.63) is 29.1 Å². The van der Waals surface area contributed by atoms with E-state index in [9.17, 15) is 0 Å². The maximum Gasteiger partial charge on any atom is 0.0464 e. The highest BCUT2D eigenvalue weighted by Crippen LogP contribution is 2.39. The molecule has 0 amide bonds. The zero-order chi connectivity index (χ0) is 11.1. The largest absolute Gasteiger partial charge is 0.296 e. The molecule has 2 nitrogen and oxygen atoms in total. The molecule has 1 saturated carbocycles. The SMILES string of the molecule is CC(C)N1CCc2nc(C3CC3)ccc2C1. The highest BCUT2D eigenvalue weighted by molar-refractivity contribution is 5.28. The van der Waals surface area contributed by atoms with E-state index < -0.39 is 0 Å². The molecule has 2 heterocycles. The molecule has 1 fully saturated rings. The third kappa shape index (κ3) is 1.86. The van der Waals surface area contributed by atoms with Crippen LogP contribution < -0.4 is 0 Å². The number of hydrogen-bond donors (Lipinski definition) is 0. The van der Waals surface area contributed by atoms with Crippen molar-refractivity contribution in [1.82, 2.24) is 9.88 Å². The fourth-order valence-electron chi connectivity index (χ4n) is 2.50. The summed E-state index contributed by atoms with van der Waals surface area (Å²) in [4.78, 5) is 7.37. The Kier molecular flexibility index (Phi) is 2.47. The van der Waals surface area contributed by atoms with Crippen LogP contribution >= 0.6 is 0 Å². The molecule has 86 valence electrons. The molecule has 3 rings (SSSR count). The van der Waals surface area contributed by atoms with Crippen LogP contribution in [0.25, 0.3) is 0 Å². The van der Waals surface area contributed by atoms with Crippen LogP contribution in [0.15, 0.2) is 12.1 Å². The quantitative estimate of drug-likeness (QED) is 0.755. The minimum Gasteiger partial charge on any atom is -0.296 e. The summed E-state index contributed by atoms with van der Waals surface area (Å²) in [6.07, 6.45) is 3.84. The van der Waals surface area contributed by atoms with E-state index in [-0.39, 0.29) is 0 Å². The van der Waals surface area contributed by atoms with Gasteiger partial charge in [0.05, 0.1) is 0 Å². The van der Waals surface area contributed by atoms with Gasteiger partial charge in [0.15, 0.2) is 0 Å². The van der Waals surface area contributed by atoms with Gasteiger partial charge in [0.2, 0.25) is 0 Å². The van der Waals surface area contributed by atoms with Crippen LogP contribution in [0.3, 0.4) is 0 Å². The molecular formula is C14H20N2. The first-order chi connectivity index (χ1) is 7.74. The predicted octanol–water partition coefficient (Wildman–Crippen LogP) is 2.73. The van der Waals surface area contributed by atoms with Gasteiger partial charge < -0.3 is 0 Å². The summed E-state index contributed by atoms with van der Waals surface area (Å²) in [5.74, 6) is 0.786. The van der Waals surface area contributed by atoms with Gasteiger partial charge in [-0.25, -0.2) is 0 Å². The minimum atomic E-state index is 0.649. The molecule has 16 heavy (non-hydrogen) atoms. The van der Waals surface area contributed by atoms with E-state index in [1.54, 1.807) is 0 Å². The monoisotopic (exact) mass is 216 g/mol. The number of fused-ring (bicyclic) bond motifs is 1. The van der Waals surface area contributed by atoms with Crippen molar-refractivity contribution < 1.29 is 0 Å². The molecule has 0 saturated heterocycles. The van der Waals surface area contributed by atoms with Crippen LogP contribution in [0.5, 0.6) is 0 Å². The summed E-state index contributed by atoms with van der Waals surface area (Å²) in [5, 5.41) is 0. The standard InChI is InChI=1S/C14H20N2/c1-10(2)16-8-7-14-12(9-16)5-6-13(15-14)11-3-4-11/h5-6,10-11H,3-4,7-9H2,1-2H3. The average Bonchev–Trinajstić information content (AvgIpc) is 3.11. The second-order valence-electron chi connectivity index (χ2n) is 5.43. The topological polar surface area (TPSA) is 16.1 Å². The summed E-state index contributed by atoms with van der Waals surface area (Å²) < 4.78 is 0. The summed E-state index contributed by atoms with van der Waals surface area (Å²) in [5.41, 5.74) is 4.15. The predicted molar refractivity (Wildman–Crippen MR) is 65.5 cm³/mol. The lowest BCUT2D eigenvalue weighted by Crippen LogP contribution is -2.36. The number of rotatable bonds is 2. The first-order valence-corrected chi connectivity index (χ1v) is 6.47. The number of aromatic nitrogens is 1. The molecule has 0 radical (unpaired) electrons. The lowest BCUT2D eigenvalue weighted by Gasteiger charge is -2.31. The van der Waals surface area contributed by atoms with Crippen molar-refractivity contribution in [2.24, 2.45) is 0 Å². The number of nitrogens with zero attached hydrogens (tertiary/aromatic N) is 2. The van der Waals surface area contributed by atoms with E-state index in [1.807, 2.05) is 0 Å². The van der Waals surface area contributed by atoms with Gasteiger partial charge in [-0.2, -0.15) is 0 Å². The Morgan fingerprint density at radius 3 is 2.81 bits per heavy atom. The molecule has 1 aromatic rings. The Morgan fingerprint density at radius 1 is 1.31 bits per heavy atom. The number of hydrogen-bond acceptors (Lipinski definition) is 2. The molecule has 0 spiro atoms. The van der Waals surface area contributed by atoms with Gasteiger partial charge in [0.1, 0.15) is 0 Å². The molecule has 0 bridgehead atoms. The molecule has 1 aliphatic carbocycles. The fourth-order valence-corrected chi connectivity index (χ4v) is 2.50. The minimum absolute atomic E-state index is 0.649. The molecule has 0 atom stereocenters. The molecular weight excluding hydrogens is 196 g/mol. The third-order valence-corrected chi connectivity index (χ3v) is 3.83. The summed E-state index contributed by atoms with van der Waals surface area (Å²) in [7, 11) is 0. The van der Waals surface area contributed by atoms with Crippen LogP contribution in [0, 0.1) is 0 Å². The van der Waals surface area contributed by atoms with Crippen molar-refractivity contribution >= 4 is 0 Å². The molecule has 0 N–H and O–H groups in total. The summed E-state index contributed by atoms with van der Waals surface area (Å²) >= 11 is 0. The third-order valence-electron chi connectivity index (χ3n) is 3.83. The Hall–Kier alpha value is -0.890. The summed E-state index contributed by atoms with van der Waals surface area (Å²) in [6, 6.07) is 5.21. The normalized spacial score (nSPS) is 21.2. The Morgan fingerprint density at radius 2 is 2.12 bits per heavy atom. The first-order valence-electron chi connectivity index (χ1n) is 6.47. The first kappa shape index (κ1) is 10.3. The van der Waals surface area contributed by atoms with Crippen molar-refractivity contribution in [3.63, 3.8) is 0 Å². The Bertz CT molecular complexity index is 394. The van der Waals surface area contributed by atoms with Crippen molar-refractivity contribution in [3.8, 4) is 0 Å². The Balaban J connectivity index is 1.83. The van der Waals surface area contributed by atoms with Gasteiger partial charge in [-0.3, -0.25) is 9.88 Å². The smallest absolute Gasteiger partial charge is 0.0464 e. The fraction of sp³-hybridized carbons (Fsp3) is 0.643. The van der Waals surface area contributed by atoms with E-state index in [1.165, 1.54) is 36.3 Å². The molecule has 2 heteroatoms. The molecule has 0 unspecified atom stereocenters. The van der Waals surface area contributed by atoms with Gasteiger partial charge in [-0.15, -0.1) is 0 Å². The van der Waals surface area contributed by atoms with Crippen LogP contribution in [0.1, 0.15) is 49.6 Å². The van der Waals surface area contributed by atoms with Gasteiger partial charge in [-0.1, -0.05) is 6.07 Å². The van der Waals surface area contributed by atoms with E-state index >= 15 is 0 Å². The van der Waals surface area contributed by atoms with Crippen LogP contribution in [0.4, 0.5) is 0 Å². The zero-order valence-electron chi connectivity index (χ0n) is 10.2. The van der Waals surface area contributed by atoms with Gasteiger partial charge in [0, 0.05) is 42.9 Å². The van der Waals surface area contributed by atoms with E-state index in [4.69, 9.17) is 4.98 Å². The van der Waals surface area contributed by atoms with Crippen LogP contribution in [-0.4, -0.2) is 22.5 Å². The van der Waals surface area contributed by atoms with Gasteiger partial charge in [0.25, 0.3) is 0 Å². The van der Waals surface area contributed by atoms with E-state index in [0.717, 1.165) is 18.9 Å².